The number of cyclic esters (lactones) is 4. The standard InChI is InChI=1S/2C20H24O6/c2*1-10-11-6-12(21)13-19(9-26-17(24)20(13,7-11)15(10)22)5-3-4-18(2)8-25-16(23)14(18)19/h2*11-14,21H,1,3-9H2,2H3/t2*11-,12-,13+,14-,18+,19-,20+/m11/s1. The van der Waals surface area contributed by atoms with E-state index < -0.39 is 69.5 Å². The number of rotatable bonds is 0. The molecular weight excluding hydrogens is 672 g/mol. The van der Waals surface area contributed by atoms with Gasteiger partial charge in [0.1, 0.15) is 10.8 Å². The molecule has 6 aliphatic carbocycles. The van der Waals surface area contributed by atoms with Crippen LogP contribution >= 0.6 is 0 Å². The smallest absolute Gasteiger partial charge is 0.320 e. The quantitative estimate of drug-likeness (QED) is 0.162. The van der Waals surface area contributed by atoms with E-state index in [1.54, 1.807) is 0 Å². The first kappa shape index (κ1) is 34.4. The van der Waals surface area contributed by atoms with E-state index in [1.165, 1.54) is 0 Å². The minimum Gasteiger partial charge on any atom is -0.465 e. The number of hydrogen-bond donors (Lipinski definition) is 2. The van der Waals surface area contributed by atoms with Gasteiger partial charge in [0.05, 0.1) is 50.5 Å². The van der Waals surface area contributed by atoms with Crippen molar-refractivity contribution in [3.05, 3.63) is 24.3 Å². The van der Waals surface area contributed by atoms with Crippen LogP contribution in [0.25, 0.3) is 0 Å². The third-order valence-electron chi connectivity index (χ3n) is 16.2. The van der Waals surface area contributed by atoms with E-state index in [-0.39, 0.29) is 59.4 Å². The Morgan fingerprint density at radius 2 is 0.962 bits per heavy atom. The van der Waals surface area contributed by atoms with Crippen LogP contribution in [0.15, 0.2) is 24.3 Å². The van der Waals surface area contributed by atoms with Gasteiger partial charge in [0.15, 0.2) is 11.6 Å². The maximum atomic E-state index is 13.2. The summed E-state index contributed by atoms with van der Waals surface area (Å²) in [6.07, 6.45) is 4.66. The van der Waals surface area contributed by atoms with Gasteiger partial charge >= 0.3 is 23.9 Å². The Morgan fingerprint density at radius 1 is 0.577 bits per heavy atom. The number of aliphatic hydroxyl groups excluding tert-OH is 2. The second-order valence-corrected chi connectivity index (χ2v) is 18.7. The van der Waals surface area contributed by atoms with Crippen molar-refractivity contribution in [3.63, 3.8) is 0 Å². The maximum Gasteiger partial charge on any atom is 0.320 e. The van der Waals surface area contributed by atoms with Crippen LogP contribution in [0, 0.1) is 68.0 Å². The van der Waals surface area contributed by atoms with Crippen molar-refractivity contribution in [3.8, 4) is 0 Å². The second-order valence-electron chi connectivity index (χ2n) is 18.7. The molecule has 0 unspecified atom stereocenters. The van der Waals surface area contributed by atoms with E-state index in [2.05, 4.69) is 13.2 Å². The summed E-state index contributed by atoms with van der Waals surface area (Å²) in [4.78, 5) is 77.6. The van der Waals surface area contributed by atoms with E-state index in [9.17, 15) is 39.0 Å². The molecule has 280 valence electrons. The largest absolute Gasteiger partial charge is 0.465 e. The zero-order valence-corrected chi connectivity index (χ0v) is 29.9. The molecule has 12 nitrogen and oxygen atoms in total. The molecule has 10 rings (SSSR count). The number of ether oxygens (including phenoxy) is 4. The Hall–Kier alpha value is -3.38. The molecule has 0 amide bonds. The van der Waals surface area contributed by atoms with Gasteiger partial charge in [-0.1, -0.05) is 39.8 Å². The summed E-state index contributed by atoms with van der Waals surface area (Å²) in [5, 5.41) is 22.2. The number of fused-ring (bicyclic) bond motifs is 8. The number of esters is 4. The van der Waals surface area contributed by atoms with Gasteiger partial charge in [-0.15, -0.1) is 0 Å². The highest BCUT2D eigenvalue weighted by atomic mass is 16.6. The molecule has 0 aromatic heterocycles. The SMILES string of the molecule is C=C1C(=O)[C@]23C[C@H]1C[C@@H](O)[C@H]2[C@@]1(CCC[C@@]2(C)COC(=O)[C@H]21)COC3=O.C=C1C(=O)[C@]23C[C@H]1C[C@@H](O)[C@H]2[C@@]1(CCC[C@@]2(C)COC(=O)[C@H]21)COC3=O. The Bertz CT molecular complexity index is 1640. The van der Waals surface area contributed by atoms with E-state index in [0.717, 1.165) is 25.7 Å². The summed E-state index contributed by atoms with van der Waals surface area (Å²) in [5.74, 6) is -4.68. The van der Waals surface area contributed by atoms with Crippen LogP contribution in [-0.4, -0.2) is 84.3 Å². The lowest BCUT2D eigenvalue weighted by Gasteiger charge is -2.59. The average molecular weight is 721 g/mol. The van der Waals surface area contributed by atoms with E-state index in [1.807, 2.05) is 13.8 Å². The summed E-state index contributed by atoms with van der Waals surface area (Å²) in [6.45, 7) is 12.7. The topological polar surface area (TPSA) is 180 Å². The fraction of sp³-hybridized carbons (Fsp3) is 0.750. The highest BCUT2D eigenvalue weighted by molar-refractivity contribution is 6.16. The van der Waals surface area contributed by atoms with Crippen molar-refractivity contribution >= 4 is 35.4 Å². The molecule has 4 aliphatic heterocycles. The van der Waals surface area contributed by atoms with E-state index in [4.69, 9.17) is 18.9 Å². The third-order valence-corrected chi connectivity index (χ3v) is 16.2. The summed E-state index contributed by atoms with van der Waals surface area (Å²) in [5.41, 5.74) is -4.05. The fourth-order valence-corrected chi connectivity index (χ4v) is 14.4. The summed E-state index contributed by atoms with van der Waals surface area (Å²) in [6, 6.07) is 0. The first-order chi connectivity index (χ1) is 24.5. The molecule has 4 saturated heterocycles. The molecule has 12 heteroatoms. The predicted octanol–water partition coefficient (Wildman–Crippen LogP) is 2.81. The summed E-state index contributed by atoms with van der Waals surface area (Å²) < 4.78 is 22.1. The molecular formula is C40H48O12. The molecule has 52 heavy (non-hydrogen) atoms. The molecule has 4 bridgehead atoms. The lowest BCUT2D eigenvalue weighted by Crippen LogP contribution is -2.67. The van der Waals surface area contributed by atoms with Crippen molar-refractivity contribution in [2.24, 2.45) is 68.0 Å². The number of allylic oxidation sites excluding steroid dienone is 2. The van der Waals surface area contributed by atoms with Gasteiger partial charge in [-0.2, -0.15) is 0 Å². The number of carbonyl (C=O) groups is 6. The van der Waals surface area contributed by atoms with Crippen molar-refractivity contribution in [1.82, 2.24) is 0 Å². The molecule has 2 N–H and O–H groups in total. The lowest BCUT2D eigenvalue weighted by atomic mass is 9.44. The van der Waals surface area contributed by atoms with E-state index >= 15 is 0 Å². The Kier molecular flexibility index (Phi) is 7.04. The third kappa shape index (κ3) is 3.86. The molecule has 0 aromatic carbocycles. The zero-order valence-electron chi connectivity index (χ0n) is 29.9. The Labute approximate surface area is 302 Å². The van der Waals surface area contributed by atoms with Crippen molar-refractivity contribution in [1.29, 1.82) is 0 Å². The first-order valence-electron chi connectivity index (χ1n) is 19.0. The molecule has 4 spiro atoms. The number of carbonyl (C=O) groups excluding carboxylic acids is 6. The first-order valence-corrected chi connectivity index (χ1v) is 19.0. The summed E-state index contributed by atoms with van der Waals surface area (Å²) in [7, 11) is 0. The van der Waals surface area contributed by atoms with Crippen LogP contribution in [-0.2, 0) is 47.7 Å². The highest BCUT2D eigenvalue weighted by Gasteiger charge is 2.78. The average Bonchev–Trinajstić information content (AvgIpc) is 3.72. The molecule has 0 radical (unpaired) electrons. The minimum atomic E-state index is -1.38. The monoisotopic (exact) mass is 720 g/mol. The minimum absolute atomic E-state index is 0.0785. The van der Waals surface area contributed by atoms with Crippen molar-refractivity contribution in [2.75, 3.05) is 26.4 Å². The summed E-state index contributed by atoms with van der Waals surface area (Å²) >= 11 is 0. The normalized spacial score (nSPS) is 52.5. The molecule has 10 aliphatic rings. The van der Waals surface area contributed by atoms with Crippen molar-refractivity contribution < 1.29 is 57.9 Å². The van der Waals surface area contributed by atoms with Gasteiger partial charge in [-0.3, -0.25) is 28.8 Å². The second kappa shape index (κ2) is 10.6. The molecule has 0 aromatic rings. The predicted molar refractivity (Wildman–Crippen MR) is 177 cm³/mol. The number of ketones is 2. The lowest BCUT2D eigenvalue weighted by molar-refractivity contribution is -0.225. The molecule has 4 heterocycles. The van der Waals surface area contributed by atoms with Gasteiger partial charge in [-0.05, 0) is 74.3 Å². The van der Waals surface area contributed by atoms with Crippen LogP contribution in [0.2, 0.25) is 0 Å². The van der Waals surface area contributed by atoms with Crippen LogP contribution in [0.3, 0.4) is 0 Å². The van der Waals surface area contributed by atoms with Gasteiger partial charge in [0, 0.05) is 33.5 Å². The van der Waals surface area contributed by atoms with Crippen LogP contribution < -0.4 is 0 Å². The number of aliphatic hydroxyl groups is 2. The Balaban J connectivity index is 0.000000138. The number of Topliss-reactive ketones (excluding diaryl/α,β-unsaturated/α-hetero) is 2. The number of hydrogen-bond acceptors (Lipinski definition) is 12. The van der Waals surface area contributed by atoms with Crippen molar-refractivity contribution in [2.45, 2.75) is 90.3 Å². The highest BCUT2D eigenvalue weighted by Crippen LogP contribution is 2.71. The van der Waals surface area contributed by atoms with Gasteiger partial charge in [0.2, 0.25) is 0 Å². The van der Waals surface area contributed by atoms with Crippen LogP contribution in [0.5, 0.6) is 0 Å². The maximum absolute atomic E-state index is 13.2. The van der Waals surface area contributed by atoms with Gasteiger partial charge < -0.3 is 29.2 Å². The zero-order chi connectivity index (χ0) is 37.0. The molecule has 14 atom stereocenters. The van der Waals surface area contributed by atoms with Gasteiger partial charge in [-0.25, -0.2) is 0 Å². The van der Waals surface area contributed by atoms with Crippen LogP contribution in [0.1, 0.15) is 78.1 Å². The van der Waals surface area contributed by atoms with Gasteiger partial charge in [0.25, 0.3) is 0 Å². The molecule has 6 saturated carbocycles. The van der Waals surface area contributed by atoms with Crippen LogP contribution in [0.4, 0.5) is 0 Å². The molecule has 10 fully saturated rings. The fourth-order valence-electron chi connectivity index (χ4n) is 14.4. The Morgan fingerprint density at radius 3 is 1.35 bits per heavy atom. The van der Waals surface area contributed by atoms with E-state index in [0.29, 0.717) is 62.9 Å².